The summed E-state index contributed by atoms with van der Waals surface area (Å²) in [4.78, 5) is 37.2. The normalized spacial score (nSPS) is 18.5. The molecule has 0 saturated carbocycles. The summed E-state index contributed by atoms with van der Waals surface area (Å²) in [5, 5.41) is 9.26. The van der Waals surface area contributed by atoms with Crippen molar-refractivity contribution in [3.05, 3.63) is 71.9 Å². The first-order chi connectivity index (χ1) is 20.9. The van der Waals surface area contributed by atoms with E-state index in [-0.39, 0.29) is 30.0 Å². The Morgan fingerprint density at radius 2 is 1.84 bits per heavy atom. The number of hydrogen-bond acceptors (Lipinski definition) is 10. The summed E-state index contributed by atoms with van der Waals surface area (Å²) < 4.78 is 17.7. The highest BCUT2D eigenvalue weighted by Gasteiger charge is 2.34. The van der Waals surface area contributed by atoms with Gasteiger partial charge in [0.2, 0.25) is 11.9 Å². The second-order valence-electron chi connectivity index (χ2n) is 9.90. The lowest BCUT2D eigenvalue weighted by Gasteiger charge is -2.41. The minimum Gasteiger partial charge on any atom is -0.494 e. The van der Waals surface area contributed by atoms with Crippen LogP contribution in [0.2, 0.25) is 5.02 Å². The van der Waals surface area contributed by atoms with E-state index in [4.69, 9.17) is 25.8 Å². The number of rotatable bonds is 9. The number of halogens is 1. The van der Waals surface area contributed by atoms with Crippen LogP contribution in [0.1, 0.15) is 10.4 Å². The Bertz CT molecular complexity index is 1490. The molecule has 2 saturated heterocycles. The van der Waals surface area contributed by atoms with E-state index in [1.165, 1.54) is 12.3 Å². The Morgan fingerprint density at radius 3 is 2.60 bits per heavy atom. The van der Waals surface area contributed by atoms with Crippen LogP contribution in [0.25, 0.3) is 0 Å². The predicted molar refractivity (Wildman–Crippen MR) is 165 cm³/mol. The van der Waals surface area contributed by atoms with Gasteiger partial charge in [-0.3, -0.25) is 9.59 Å². The fraction of sp³-hybridized carbons (Fsp3) is 0.333. The lowest BCUT2D eigenvalue weighted by atomic mass is 10.1. The molecule has 0 bridgehead atoms. The molecule has 3 aromatic rings. The Balaban J connectivity index is 1.30. The number of nitrogens with zero attached hydrogens (tertiary/aromatic N) is 4. The molecule has 226 valence electrons. The van der Waals surface area contributed by atoms with Gasteiger partial charge >= 0.3 is 0 Å². The fourth-order valence-corrected chi connectivity index (χ4v) is 5.17. The Kier molecular flexibility index (Phi) is 9.60. The SMILES string of the molecule is C=CC(=O)N1CCOC(C2CN(c3ccc(Nc4ncc(Cl)c(Nc5ccccc5C(=O)NC)n4)c(OC)c3)CCO2)C1. The average Bonchev–Trinajstić information content (AvgIpc) is 3.06. The molecular formula is C30H34ClN7O5. The summed E-state index contributed by atoms with van der Waals surface area (Å²) in [6.45, 7) is 6.88. The zero-order valence-corrected chi connectivity index (χ0v) is 24.8. The number of para-hydroxylation sites is 1. The summed E-state index contributed by atoms with van der Waals surface area (Å²) in [5.74, 6) is 0.878. The number of amides is 2. The van der Waals surface area contributed by atoms with E-state index in [9.17, 15) is 9.59 Å². The highest BCUT2D eigenvalue weighted by atomic mass is 35.5. The van der Waals surface area contributed by atoms with Crippen LogP contribution in [0.4, 0.5) is 28.8 Å². The van der Waals surface area contributed by atoms with Crippen LogP contribution < -0.4 is 25.6 Å². The van der Waals surface area contributed by atoms with Gasteiger partial charge in [0.05, 0.1) is 43.5 Å². The van der Waals surface area contributed by atoms with Gasteiger partial charge in [-0.05, 0) is 30.3 Å². The standard InChI is InChI=1S/C30H34ClN7O5/c1-4-27(39)38-12-14-43-26(18-38)25-17-37(11-13-42-25)19-9-10-23(24(15-19)41-3)35-30-33-16-21(31)28(36-30)34-22-8-6-5-7-20(22)29(40)32-2/h4-10,15-16,25-26H,1,11-14,17-18H2,2-3H3,(H,32,40)(H2,33,34,35,36). The van der Waals surface area contributed by atoms with Crippen LogP contribution in [0.5, 0.6) is 5.75 Å². The number of carbonyl (C=O) groups is 2. The molecule has 3 heterocycles. The summed E-state index contributed by atoms with van der Waals surface area (Å²) >= 11 is 6.39. The van der Waals surface area contributed by atoms with Crippen molar-refractivity contribution in [3.63, 3.8) is 0 Å². The van der Waals surface area contributed by atoms with E-state index in [0.717, 1.165) is 5.69 Å². The minimum atomic E-state index is -0.237. The summed E-state index contributed by atoms with van der Waals surface area (Å²) in [6.07, 6.45) is 2.39. The van der Waals surface area contributed by atoms with E-state index in [1.54, 1.807) is 37.3 Å². The van der Waals surface area contributed by atoms with Gasteiger partial charge in [0.25, 0.3) is 5.91 Å². The molecule has 2 unspecified atom stereocenters. The summed E-state index contributed by atoms with van der Waals surface area (Å²) in [7, 11) is 3.17. The third-order valence-corrected chi connectivity index (χ3v) is 7.56. The predicted octanol–water partition coefficient (Wildman–Crippen LogP) is 3.60. The van der Waals surface area contributed by atoms with Crippen molar-refractivity contribution in [1.29, 1.82) is 0 Å². The largest absolute Gasteiger partial charge is 0.494 e. The number of carbonyl (C=O) groups excluding carboxylic acids is 2. The second-order valence-corrected chi connectivity index (χ2v) is 10.3. The smallest absolute Gasteiger partial charge is 0.253 e. The number of nitrogens with one attached hydrogen (secondary N) is 3. The van der Waals surface area contributed by atoms with Crippen LogP contribution in [0, 0.1) is 0 Å². The van der Waals surface area contributed by atoms with Crippen molar-refractivity contribution in [2.24, 2.45) is 0 Å². The number of benzene rings is 2. The van der Waals surface area contributed by atoms with E-state index in [1.807, 2.05) is 24.3 Å². The van der Waals surface area contributed by atoms with E-state index in [2.05, 4.69) is 37.4 Å². The third kappa shape index (κ3) is 6.99. The first-order valence-corrected chi connectivity index (χ1v) is 14.2. The van der Waals surface area contributed by atoms with Crippen molar-refractivity contribution >= 4 is 52.2 Å². The van der Waals surface area contributed by atoms with Gasteiger partial charge in [-0.15, -0.1) is 0 Å². The van der Waals surface area contributed by atoms with E-state index < -0.39 is 0 Å². The molecular weight excluding hydrogens is 574 g/mol. The summed E-state index contributed by atoms with van der Waals surface area (Å²) in [5.41, 5.74) is 2.62. The number of hydrogen-bond donors (Lipinski definition) is 3. The molecule has 12 nitrogen and oxygen atoms in total. The number of morpholine rings is 2. The Hall–Kier alpha value is -4.39. The van der Waals surface area contributed by atoms with Crippen LogP contribution in [0.15, 0.2) is 61.3 Å². The fourth-order valence-electron chi connectivity index (χ4n) is 5.03. The van der Waals surface area contributed by atoms with Crippen LogP contribution >= 0.6 is 11.6 Å². The van der Waals surface area contributed by atoms with Crippen LogP contribution in [0.3, 0.4) is 0 Å². The highest BCUT2D eigenvalue weighted by Crippen LogP contribution is 2.34. The molecule has 0 spiro atoms. The lowest BCUT2D eigenvalue weighted by molar-refractivity contribution is -0.144. The van der Waals surface area contributed by atoms with E-state index in [0.29, 0.717) is 72.9 Å². The minimum absolute atomic E-state index is 0.102. The number of ether oxygens (including phenoxy) is 3. The monoisotopic (exact) mass is 607 g/mol. The second kappa shape index (κ2) is 13.7. The number of aromatic nitrogens is 2. The molecule has 1 aromatic heterocycles. The van der Waals surface area contributed by atoms with Crippen molar-refractivity contribution < 1.29 is 23.8 Å². The van der Waals surface area contributed by atoms with Crippen molar-refractivity contribution in [1.82, 2.24) is 20.2 Å². The maximum absolute atomic E-state index is 12.3. The maximum atomic E-state index is 12.3. The van der Waals surface area contributed by atoms with Crippen LogP contribution in [-0.2, 0) is 14.3 Å². The van der Waals surface area contributed by atoms with Gasteiger partial charge in [-0.1, -0.05) is 30.3 Å². The zero-order chi connectivity index (χ0) is 30.3. The van der Waals surface area contributed by atoms with Crippen LogP contribution in [-0.4, -0.2) is 92.4 Å². The molecule has 13 heteroatoms. The van der Waals surface area contributed by atoms with Crippen molar-refractivity contribution in [2.45, 2.75) is 12.2 Å². The van der Waals surface area contributed by atoms with Gasteiger partial charge in [0.15, 0.2) is 5.82 Å². The maximum Gasteiger partial charge on any atom is 0.253 e. The molecule has 2 amide bonds. The highest BCUT2D eigenvalue weighted by molar-refractivity contribution is 6.33. The Labute approximate surface area is 255 Å². The van der Waals surface area contributed by atoms with Gasteiger partial charge < -0.3 is 40.0 Å². The molecule has 2 atom stereocenters. The molecule has 43 heavy (non-hydrogen) atoms. The molecule has 2 aromatic carbocycles. The molecule has 0 aliphatic carbocycles. The first kappa shape index (κ1) is 30.1. The van der Waals surface area contributed by atoms with Gasteiger partial charge in [-0.2, -0.15) is 4.98 Å². The van der Waals surface area contributed by atoms with Gasteiger partial charge in [-0.25, -0.2) is 4.98 Å². The molecule has 0 radical (unpaired) electrons. The molecule has 5 rings (SSSR count). The summed E-state index contributed by atoms with van der Waals surface area (Å²) in [6, 6.07) is 12.9. The molecule has 3 N–H and O–H groups in total. The number of methoxy groups -OCH3 is 1. The first-order valence-electron chi connectivity index (χ1n) is 13.9. The third-order valence-electron chi connectivity index (χ3n) is 7.28. The average molecular weight is 608 g/mol. The van der Waals surface area contributed by atoms with Crippen molar-refractivity contribution in [3.8, 4) is 5.75 Å². The molecule has 2 aliphatic rings. The zero-order valence-electron chi connectivity index (χ0n) is 24.0. The molecule has 2 fully saturated rings. The van der Waals surface area contributed by atoms with Crippen molar-refractivity contribution in [2.75, 3.05) is 69.1 Å². The Morgan fingerprint density at radius 1 is 1.07 bits per heavy atom. The lowest BCUT2D eigenvalue weighted by Crippen LogP contribution is -2.55. The van der Waals surface area contributed by atoms with Gasteiger partial charge in [0.1, 0.15) is 23.0 Å². The molecule has 2 aliphatic heterocycles. The quantitative estimate of drug-likeness (QED) is 0.310. The van der Waals surface area contributed by atoms with Gasteiger partial charge in [0, 0.05) is 45.0 Å². The topological polar surface area (TPSA) is 130 Å². The number of anilines is 5. The van der Waals surface area contributed by atoms with E-state index >= 15 is 0 Å².